The number of piperidine rings is 1. The summed E-state index contributed by atoms with van der Waals surface area (Å²) < 4.78 is 59.2. The van der Waals surface area contributed by atoms with E-state index in [-0.39, 0.29) is 11.8 Å². The number of benzene rings is 1. The number of halogens is 3. The van der Waals surface area contributed by atoms with Crippen LogP contribution in [0.3, 0.4) is 0 Å². The molecule has 4 fully saturated rings. The van der Waals surface area contributed by atoms with Crippen molar-refractivity contribution in [2.24, 2.45) is 4.99 Å². The molecule has 7 rings (SSSR count). The average molecular weight is 625 g/mol. The third-order valence-electron chi connectivity index (χ3n) is 10.5. The fourth-order valence-corrected chi connectivity index (χ4v) is 6.47. The Balaban J connectivity index is 1.13. The van der Waals surface area contributed by atoms with Crippen LogP contribution in [-0.4, -0.2) is 59.8 Å². The van der Waals surface area contributed by atoms with E-state index in [1.807, 2.05) is 33.8 Å². The van der Waals surface area contributed by atoms with Crippen LogP contribution in [0.5, 0.6) is 0 Å². The molecule has 0 atom stereocenters. The van der Waals surface area contributed by atoms with Gasteiger partial charge in [-0.1, -0.05) is 12.1 Å². The lowest BCUT2D eigenvalue weighted by atomic mass is 9.78. The molecule has 5 aliphatic rings. The SMILES string of the molecule is CC1(C)OB(c2ccc(COC3CCC3)c(N3CCC4(CC3)N=C(c3ccc(C(F)(F)F)nc3C3CC3)NC4=O)c2)OC1(C)C. The summed E-state index contributed by atoms with van der Waals surface area (Å²) >= 11 is 0. The van der Waals surface area contributed by atoms with E-state index in [1.165, 1.54) is 12.5 Å². The van der Waals surface area contributed by atoms with Crippen molar-refractivity contribution in [1.82, 2.24) is 10.3 Å². The normalized spacial score (nSPS) is 24.2. The van der Waals surface area contributed by atoms with Crippen LogP contribution in [0.4, 0.5) is 18.9 Å². The summed E-state index contributed by atoms with van der Waals surface area (Å²) in [5.41, 5.74) is 1.08. The molecule has 2 aliphatic carbocycles. The molecular formula is C33H40BF3N4O4. The molecule has 0 radical (unpaired) electrons. The van der Waals surface area contributed by atoms with Gasteiger partial charge in [0.05, 0.1) is 29.6 Å². The van der Waals surface area contributed by atoms with Gasteiger partial charge in [-0.3, -0.25) is 9.79 Å². The van der Waals surface area contributed by atoms with E-state index in [9.17, 15) is 18.0 Å². The molecule has 2 aromatic rings. The molecule has 45 heavy (non-hydrogen) atoms. The van der Waals surface area contributed by atoms with Gasteiger partial charge in [-0.25, -0.2) is 4.98 Å². The second kappa shape index (κ2) is 10.8. The largest absolute Gasteiger partial charge is 0.494 e. The number of amides is 1. The first-order chi connectivity index (χ1) is 21.2. The van der Waals surface area contributed by atoms with Crippen LogP contribution >= 0.6 is 0 Å². The maximum absolute atomic E-state index is 13.4. The summed E-state index contributed by atoms with van der Waals surface area (Å²) in [6.07, 6.45) is 1.62. The second-order valence-electron chi connectivity index (χ2n) is 14.2. The van der Waals surface area contributed by atoms with E-state index in [4.69, 9.17) is 19.0 Å². The van der Waals surface area contributed by atoms with Crippen LogP contribution in [0.2, 0.25) is 0 Å². The van der Waals surface area contributed by atoms with Gasteiger partial charge in [-0.2, -0.15) is 13.2 Å². The molecule has 8 nitrogen and oxygen atoms in total. The van der Waals surface area contributed by atoms with Gasteiger partial charge in [0.2, 0.25) is 0 Å². The minimum Gasteiger partial charge on any atom is -0.399 e. The van der Waals surface area contributed by atoms with Gasteiger partial charge in [0, 0.05) is 35.8 Å². The van der Waals surface area contributed by atoms with E-state index >= 15 is 0 Å². The minimum atomic E-state index is -4.53. The van der Waals surface area contributed by atoms with Crippen LogP contribution in [0.1, 0.15) is 101 Å². The highest BCUT2D eigenvalue weighted by atomic mass is 19.4. The molecule has 1 aromatic carbocycles. The van der Waals surface area contributed by atoms with E-state index in [1.54, 1.807) is 0 Å². The van der Waals surface area contributed by atoms with Crippen molar-refractivity contribution in [3.63, 3.8) is 0 Å². The van der Waals surface area contributed by atoms with Crippen molar-refractivity contribution in [1.29, 1.82) is 0 Å². The number of amidine groups is 1. The molecule has 240 valence electrons. The van der Waals surface area contributed by atoms with Crippen molar-refractivity contribution >= 4 is 30.0 Å². The maximum Gasteiger partial charge on any atom is 0.494 e. The average Bonchev–Trinajstić information content (AvgIpc) is 3.72. The number of carbonyl (C=O) groups excluding carboxylic acids is 1. The summed E-state index contributed by atoms with van der Waals surface area (Å²) in [6.45, 7) is 9.80. The third-order valence-corrected chi connectivity index (χ3v) is 10.5. The van der Waals surface area contributed by atoms with Crippen molar-refractivity contribution < 1.29 is 32.0 Å². The number of alkyl halides is 3. The predicted molar refractivity (Wildman–Crippen MR) is 165 cm³/mol. The van der Waals surface area contributed by atoms with Crippen LogP contribution in [0.15, 0.2) is 35.3 Å². The molecule has 1 amide bonds. The van der Waals surface area contributed by atoms with Crippen molar-refractivity contribution in [3.05, 3.63) is 52.8 Å². The molecular weight excluding hydrogens is 584 g/mol. The third kappa shape index (κ3) is 5.67. The van der Waals surface area contributed by atoms with Crippen molar-refractivity contribution in [2.45, 2.75) is 114 Å². The standard InChI is InChI=1S/C33H40BF3N4O4/c1-30(2)31(3,4)45-34(44-30)22-11-10-21(19-43-23-6-5-7-23)25(18-22)41-16-14-32(15-17-41)29(42)39-28(40-32)24-12-13-26(33(35,36)37)38-27(24)20-8-9-20/h10-13,18,20,23H,5-9,14-17,19H2,1-4H3,(H,39,40,42). The Morgan fingerprint density at radius 3 is 2.31 bits per heavy atom. The molecule has 1 spiro atoms. The number of nitrogens with zero attached hydrogens (tertiary/aromatic N) is 3. The first-order valence-electron chi connectivity index (χ1n) is 16.1. The Hall–Kier alpha value is -2.96. The Bertz CT molecular complexity index is 1510. The Labute approximate surface area is 262 Å². The van der Waals surface area contributed by atoms with E-state index in [0.29, 0.717) is 55.7 Å². The second-order valence-corrected chi connectivity index (χ2v) is 14.2. The molecule has 12 heteroatoms. The zero-order chi connectivity index (χ0) is 31.8. The van der Waals surface area contributed by atoms with Crippen LogP contribution in [0, 0.1) is 0 Å². The van der Waals surface area contributed by atoms with Gasteiger partial charge in [0.15, 0.2) is 0 Å². The summed E-state index contributed by atoms with van der Waals surface area (Å²) in [5.74, 6) is 0.0735. The molecule has 0 bridgehead atoms. The zero-order valence-electron chi connectivity index (χ0n) is 26.3. The first kappa shape index (κ1) is 30.7. The number of aliphatic imine (C=N–C) groups is 1. The Morgan fingerprint density at radius 2 is 1.71 bits per heavy atom. The lowest BCUT2D eigenvalue weighted by Gasteiger charge is -2.38. The quantitative estimate of drug-likeness (QED) is 0.424. The van der Waals surface area contributed by atoms with Gasteiger partial charge < -0.3 is 24.3 Å². The number of anilines is 1. The van der Waals surface area contributed by atoms with E-state index < -0.39 is 35.7 Å². The highest BCUT2D eigenvalue weighted by Gasteiger charge is 2.52. The molecule has 3 aliphatic heterocycles. The Morgan fingerprint density at radius 1 is 1.02 bits per heavy atom. The summed E-state index contributed by atoms with van der Waals surface area (Å²) in [4.78, 5) is 24.6. The first-order valence-corrected chi connectivity index (χ1v) is 16.1. The summed E-state index contributed by atoms with van der Waals surface area (Å²) in [7, 11) is -0.503. The minimum absolute atomic E-state index is 0.0443. The lowest BCUT2D eigenvalue weighted by molar-refractivity contribution is -0.141. The number of ether oxygens (including phenoxy) is 1. The highest BCUT2D eigenvalue weighted by Crippen LogP contribution is 2.43. The molecule has 1 aromatic heterocycles. The fraction of sp³-hybridized carbons (Fsp3) is 0.606. The molecule has 4 heterocycles. The maximum atomic E-state index is 13.4. The fourth-order valence-electron chi connectivity index (χ4n) is 6.47. The van der Waals surface area contributed by atoms with E-state index in [0.717, 1.165) is 48.5 Å². The number of hydrogen-bond acceptors (Lipinski definition) is 7. The van der Waals surface area contributed by atoms with Gasteiger partial charge in [-0.05, 0) is 96.3 Å². The topological polar surface area (TPSA) is 85.3 Å². The number of rotatable bonds is 7. The predicted octanol–water partition coefficient (Wildman–Crippen LogP) is 5.26. The lowest BCUT2D eigenvalue weighted by Crippen LogP contribution is -2.49. The Kier molecular flexibility index (Phi) is 7.37. The summed E-state index contributed by atoms with van der Waals surface area (Å²) in [6, 6.07) is 8.65. The van der Waals surface area contributed by atoms with Gasteiger partial charge in [-0.15, -0.1) is 0 Å². The molecule has 1 N–H and O–H groups in total. The monoisotopic (exact) mass is 624 g/mol. The number of aromatic nitrogens is 1. The van der Waals surface area contributed by atoms with Crippen LogP contribution in [-0.2, 0) is 31.6 Å². The molecule has 2 saturated carbocycles. The van der Waals surface area contributed by atoms with Crippen molar-refractivity contribution in [2.75, 3.05) is 18.0 Å². The van der Waals surface area contributed by atoms with Crippen molar-refractivity contribution in [3.8, 4) is 0 Å². The molecule has 2 saturated heterocycles. The van der Waals surface area contributed by atoms with Gasteiger partial charge in [0.1, 0.15) is 17.1 Å². The number of pyridine rings is 1. The highest BCUT2D eigenvalue weighted by molar-refractivity contribution is 6.62. The van der Waals surface area contributed by atoms with Crippen LogP contribution < -0.4 is 15.7 Å². The smallest absolute Gasteiger partial charge is 0.399 e. The molecule has 0 unspecified atom stereocenters. The van der Waals surface area contributed by atoms with E-state index in [2.05, 4.69) is 27.3 Å². The number of hydrogen-bond donors (Lipinski definition) is 1. The zero-order valence-corrected chi connectivity index (χ0v) is 26.3. The summed E-state index contributed by atoms with van der Waals surface area (Å²) in [5, 5.41) is 2.90. The number of carbonyl (C=O) groups is 1. The number of nitrogens with one attached hydrogen (secondary N) is 1. The van der Waals surface area contributed by atoms with Crippen LogP contribution in [0.25, 0.3) is 0 Å². The van der Waals surface area contributed by atoms with Gasteiger partial charge >= 0.3 is 13.3 Å². The van der Waals surface area contributed by atoms with Gasteiger partial charge in [0.25, 0.3) is 5.91 Å².